The molecule has 31 heavy (non-hydrogen) atoms. The zero-order valence-electron chi connectivity index (χ0n) is 17.3. The van der Waals surface area contributed by atoms with E-state index in [1.54, 1.807) is 10.9 Å². The normalized spacial score (nSPS) is 11.1. The van der Waals surface area contributed by atoms with E-state index in [9.17, 15) is 14.9 Å². The highest BCUT2D eigenvalue weighted by Gasteiger charge is 2.20. The molecule has 3 rings (SSSR count). The van der Waals surface area contributed by atoms with Crippen LogP contribution < -0.4 is 10.6 Å². The summed E-state index contributed by atoms with van der Waals surface area (Å²) in [6.45, 7) is 5.51. The monoisotopic (exact) mass is 463 g/mol. The van der Waals surface area contributed by atoms with Gasteiger partial charge in [0, 0.05) is 24.2 Å². The highest BCUT2D eigenvalue weighted by molar-refractivity contribution is 7.98. The number of halogens is 1. The van der Waals surface area contributed by atoms with Gasteiger partial charge in [-0.1, -0.05) is 37.2 Å². The third-order valence-corrected chi connectivity index (χ3v) is 5.13. The van der Waals surface area contributed by atoms with Crippen molar-refractivity contribution in [2.45, 2.75) is 25.5 Å². The van der Waals surface area contributed by atoms with Gasteiger partial charge in [0.25, 0.3) is 11.6 Å². The molecule has 0 aliphatic carbocycles. The van der Waals surface area contributed by atoms with Crippen molar-refractivity contribution >= 4 is 51.8 Å². The quantitative estimate of drug-likeness (QED) is 0.213. The fourth-order valence-electron chi connectivity index (χ4n) is 2.85. The molecule has 0 spiro atoms. The number of hydrogen-bond donors (Lipinski definition) is 2. The molecule has 3 aromatic rings. The molecular weight excluding hydrogens is 442 g/mol. The fraction of sp³-hybridized carbons (Fsp3) is 0.368. The largest absolute Gasteiger partial charge is 0.369 e. The van der Waals surface area contributed by atoms with E-state index in [1.165, 1.54) is 30.0 Å². The van der Waals surface area contributed by atoms with Crippen LogP contribution in [-0.4, -0.2) is 49.9 Å². The molecule has 1 amide bonds. The van der Waals surface area contributed by atoms with Gasteiger partial charge in [-0.05, 0) is 24.3 Å². The van der Waals surface area contributed by atoms with Crippen LogP contribution in [-0.2, 0) is 6.54 Å². The number of anilines is 1. The van der Waals surface area contributed by atoms with E-state index in [-0.39, 0.29) is 22.8 Å². The first-order valence-corrected chi connectivity index (χ1v) is 11.1. The maximum absolute atomic E-state index is 12.5. The van der Waals surface area contributed by atoms with Crippen LogP contribution in [0.1, 0.15) is 24.2 Å². The molecule has 0 unspecified atom stereocenters. The lowest BCUT2D eigenvalue weighted by molar-refractivity contribution is -0.385. The van der Waals surface area contributed by atoms with Crippen molar-refractivity contribution in [2.75, 3.05) is 24.7 Å². The molecule has 0 radical (unpaired) electrons. The highest BCUT2D eigenvalue weighted by atomic mass is 35.5. The lowest BCUT2D eigenvalue weighted by atomic mass is 10.1. The summed E-state index contributed by atoms with van der Waals surface area (Å²) in [5, 5.41) is 23.2. The molecule has 0 fully saturated rings. The van der Waals surface area contributed by atoms with Crippen molar-refractivity contribution in [2.24, 2.45) is 5.92 Å². The molecule has 2 N–H and O–H groups in total. The number of nitro groups is 1. The van der Waals surface area contributed by atoms with E-state index >= 15 is 0 Å². The zero-order chi connectivity index (χ0) is 22.5. The Labute approximate surface area is 187 Å². The second kappa shape index (κ2) is 9.92. The van der Waals surface area contributed by atoms with Crippen LogP contribution in [0.25, 0.3) is 11.0 Å². The van der Waals surface area contributed by atoms with Gasteiger partial charge in [0.05, 0.1) is 23.1 Å². The van der Waals surface area contributed by atoms with Gasteiger partial charge in [0.1, 0.15) is 11.4 Å². The Balaban J connectivity index is 1.76. The number of fused-ring (bicyclic) bond motifs is 1. The van der Waals surface area contributed by atoms with Gasteiger partial charge < -0.3 is 10.6 Å². The Morgan fingerprint density at radius 2 is 2.13 bits per heavy atom. The summed E-state index contributed by atoms with van der Waals surface area (Å²) in [6, 6.07) is 3.87. The Hall–Kier alpha value is -2.92. The topological polar surface area (TPSA) is 128 Å². The molecule has 1 aromatic carbocycles. The minimum absolute atomic E-state index is 0.0880. The number of aromatic nitrogens is 4. The van der Waals surface area contributed by atoms with Crippen molar-refractivity contribution < 1.29 is 9.72 Å². The van der Waals surface area contributed by atoms with Crippen molar-refractivity contribution in [3.63, 3.8) is 0 Å². The third kappa shape index (κ3) is 5.42. The first-order valence-electron chi connectivity index (χ1n) is 9.53. The van der Waals surface area contributed by atoms with Crippen LogP contribution in [0, 0.1) is 16.0 Å². The second-order valence-corrected chi connectivity index (χ2v) is 8.32. The second-order valence-electron chi connectivity index (χ2n) is 7.11. The average Bonchev–Trinajstić information content (AvgIpc) is 3.14. The summed E-state index contributed by atoms with van der Waals surface area (Å²) < 4.78 is 1.67. The molecule has 0 saturated heterocycles. The molecule has 0 atom stereocenters. The van der Waals surface area contributed by atoms with E-state index in [2.05, 4.69) is 39.5 Å². The number of rotatable bonds is 9. The minimum atomic E-state index is -0.612. The lowest BCUT2D eigenvalue weighted by Gasteiger charge is -2.11. The maximum atomic E-state index is 12.5. The molecule has 12 heteroatoms. The van der Waals surface area contributed by atoms with Crippen molar-refractivity contribution in [1.82, 2.24) is 25.1 Å². The first-order chi connectivity index (χ1) is 14.8. The number of thioether (sulfide) groups is 1. The number of nitrogens with zero attached hydrogens (tertiary/aromatic N) is 5. The van der Waals surface area contributed by atoms with Crippen LogP contribution in [0.15, 0.2) is 29.6 Å². The smallest absolute Gasteiger partial charge is 0.282 e. The van der Waals surface area contributed by atoms with Gasteiger partial charge in [0.15, 0.2) is 10.8 Å². The van der Waals surface area contributed by atoms with Crippen LogP contribution in [0.2, 0.25) is 5.02 Å². The van der Waals surface area contributed by atoms with E-state index in [1.807, 2.05) is 6.26 Å². The van der Waals surface area contributed by atoms with Crippen LogP contribution in [0.4, 0.5) is 11.5 Å². The van der Waals surface area contributed by atoms with E-state index in [4.69, 9.17) is 11.6 Å². The van der Waals surface area contributed by atoms with Crippen LogP contribution in [0.3, 0.4) is 0 Å². The lowest BCUT2D eigenvalue weighted by Crippen LogP contribution is -2.28. The van der Waals surface area contributed by atoms with Crippen molar-refractivity contribution in [1.29, 1.82) is 0 Å². The Morgan fingerprint density at radius 3 is 2.81 bits per heavy atom. The summed E-state index contributed by atoms with van der Waals surface area (Å²) in [5.74, 6) is 0.584. The summed E-state index contributed by atoms with van der Waals surface area (Å²) in [6.07, 6.45) is 3.58. The molecular formula is C19H22ClN7O3S. The van der Waals surface area contributed by atoms with Crippen LogP contribution >= 0.6 is 23.4 Å². The Bertz CT molecular complexity index is 1120. The number of amides is 1. The molecule has 164 valence electrons. The number of nitro benzene ring substituents is 1. The summed E-state index contributed by atoms with van der Waals surface area (Å²) in [5.41, 5.74) is 0.258. The number of hydrogen-bond acceptors (Lipinski definition) is 8. The number of benzene rings is 1. The summed E-state index contributed by atoms with van der Waals surface area (Å²) in [4.78, 5) is 32.1. The Kier molecular flexibility index (Phi) is 7.29. The molecule has 2 heterocycles. The summed E-state index contributed by atoms with van der Waals surface area (Å²) in [7, 11) is 0. The number of nitrogens with one attached hydrogen (secondary N) is 2. The fourth-order valence-corrected chi connectivity index (χ4v) is 3.38. The van der Waals surface area contributed by atoms with E-state index < -0.39 is 10.8 Å². The van der Waals surface area contributed by atoms with Gasteiger partial charge in [0.2, 0.25) is 0 Å². The van der Waals surface area contributed by atoms with Gasteiger partial charge in [-0.25, -0.2) is 14.6 Å². The van der Waals surface area contributed by atoms with E-state index in [0.717, 1.165) is 11.9 Å². The van der Waals surface area contributed by atoms with Gasteiger partial charge in [-0.3, -0.25) is 14.9 Å². The molecule has 0 aliphatic rings. The zero-order valence-corrected chi connectivity index (χ0v) is 18.8. The van der Waals surface area contributed by atoms with Gasteiger partial charge in [-0.2, -0.15) is 5.10 Å². The standard InChI is InChI=1S/C19H22ClN7O3S/c1-11(2)9-22-16-14-10-23-26(17(14)25-19(24-16)31-3)7-6-21-18(28)13-8-12(20)4-5-15(13)27(29)30/h4-5,8,10-11H,6-7,9H2,1-3H3,(H,21,28)(H,22,24,25). The molecule has 0 saturated carbocycles. The predicted molar refractivity (Wildman–Crippen MR) is 121 cm³/mol. The third-order valence-electron chi connectivity index (χ3n) is 4.35. The molecule has 0 bridgehead atoms. The number of carbonyl (C=O) groups is 1. The van der Waals surface area contributed by atoms with Crippen molar-refractivity contribution in [3.8, 4) is 0 Å². The molecule has 0 aliphatic heterocycles. The first kappa shape index (κ1) is 22.8. The highest BCUT2D eigenvalue weighted by Crippen LogP contribution is 2.24. The van der Waals surface area contributed by atoms with Crippen molar-refractivity contribution in [3.05, 3.63) is 45.1 Å². The SMILES string of the molecule is CSc1nc(NCC(C)C)c2cnn(CCNC(=O)c3cc(Cl)ccc3[N+](=O)[O-])c2n1. The van der Waals surface area contributed by atoms with Gasteiger partial charge >= 0.3 is 0 Å². The average molecular weight is 464 g/mol. The minimum Gasteiger partial charge on any atom is -0.369 e. The number of carbonyl (C=O) groups excluding carboxylic acids is 1. The summed E-state index contributed by atoms with van der Waals surface area (Å²) >= 11 is 7.32. The maximum Gasteiger partial charge on any atom is 0.282 e. The van der Waals surface area contributed by atoms with Crippen LogP contribution in [0.5, 0.6) is 0 Å². The predicted octanol–water partition coefficient (Wildman–Crippen LogP) is 3.61. The Morgan fingerprint density at radius 1 is 1.35 bits per heavy atom. The van der Waals surface area contributed by atoms with Gasteiger partial charge in [-0.15, -0.1) is 0 Å². The molecule has 2 aromatic heterocycles. The van der Waals surface area contributed by atoms with E-state index in [0.29, 0.717) is 29.1 Å². The molecule has 10 nitrogen and oxygen atoms in total.